The Morgan fingerprint density at radius 1 is 1.28 bits per heavy atom. The quantitative estimate of drug-likeness (QED) is 0.808. The summed E-state index contributed by atoms with van der Waals surface area (Å²) in [6, 6.07) is 1.96. The maximum Gasteiger partial charge on any atom is 0.159 e. The molecular weight excluding hydrogens is 290 g/mol. The monoisotopic (exact) mass is 305 g/mol. The summed E-state index contributed by atoms with van der Waals surface area (Å²) in [6.07, 6.45) is 5.53. The molecule has 4 heteroatoms. The number of aryl methyl sites for hydroxylation is 1. The van der Waals surface area contributed by atoms with Crippen LogP contribution in [0.3, 0.4) is 0 Å². The lowest BCUT2D eigenvalue weighted by atomic mass is 10.1. The van der Waals surface area contributed by atoms with Gasteiger partial charge < -0.3 is 0 Å². The van der Waals surface area contributed by atoms with Gasteiger partial charge in [-0.05, 0) is 24.5 Å². The Balaban J connectivity index is 2.54. The molecule has 3 nitrogen and oxygen atoms in total. The number of aromatic nitrogens is 3. The molecule has 18 heavy (non-hydrogen) atoms. The van der Waals surface area contributed by atoms with E-state index in [4.69, 9.17) is 4.98 Å². The molecule has 0 atom stereocenters. The van der Waals surface area contributed by atoms with E-state index >= 15 is 0 Å². The molecule has 0 bridgehead atoms. The second kappa shape index (κ2) is 5.57. The second-order valence-corrected chi connectivity index (χ2v) is 5.14. The van der Waals surface area contributed by atoms with E-state index in [1.54, 1.807) is 6.20 Å². The molecule has 2 rings (SSSR count). The van der Waals surface area contributed by atoms with E-state index < -0.39 is 0 Å². The van der Waals surface area contributed by atoms with Crippen LogP contribution in [0.15, 0.2) is 24.7 Å². The van der Waals surface area contributed by atoms with Crippen LogP contribution in [0.4, 0.5) is 0 Å². The van der Waals surface area contributed by atoms with E-state index in [2.05, 4.69) is 39.7 Å². The smallest absolute Gasteiger partial charge is 0.159 e. The summed E-state index contributed by atoms with van der Waals surface area (Å²) in [5.74, 6) is 1.17. The summed E-state index contributed by atoms with van der Waals surface area (Å²) >= 11 is 3.48. The van der Waals surface area contributed by atoms with Crippen molar-refractivity contribution in [2.75, 3.05) is 0 Å². The summed E-state index contributed by atoms with van der Waals surface area (Å²) < 4.78 is 0. The van der Waals surface area contributed by atoms with Crippen molar-refractivity contribution < 1.29 is 0 Å². The Morgan fingerprint density at radius 3 is 2.67 bits per heavy atom. The van der Waals surface area contributed by atoms with E-state index in [1.165, 1.54) is 0 Å². The highest BCUT2D eigenvalue weighted by Gasteiger charge is 2.12. The highest BCUT2D eigenvalue weighted by Crippen LogP contribution is 2.24. The van der Waals surface area contributed by atoms with Gasteiger partial charge in [0.1, 0.15) is 0 Å². The zero-order valence-corrected chi connectivity index (χ0v) is 12.4. The minimum Gasteiger partial charge on any atom is -0.264 e. The zero-order chi connectivity index (χ0) is 13.1. The predicted molar refractivity (Wildman–Crippen MR) is 76.7 cm³/mol. The first kappa shape index (κ1) is 13.1. The van der Waals surface area contributed by atoms with E-state index in [9.17, 15) is 0 Å². The van der Waals surface area contributed by atoms with E-state index in [1.807, 2.05) is 25.4 Å². The highest BCUT2D eigenvalue weighted by molar-refractivity contribution is 9.08. The molecular formula is C14H16BrN3. The molecule has 0 unspecified atom stereocenters. The minimum atomic E-state index is 0.390. The van der Waals surface area contributed by atoms with Crippen LogP contribution in [0.2, 0.25) is 0 Å². The SMILES string of the molecule is Cc1cnccc1-c1ncc(CBr)c(C(C)C)n1. The largest absolute Gasteiger partial charge is 0.264 e. The van der Waals surface area contributed by atoms with E-state index in [-0.39, 0.29) is 0 Å². The lowest BCUT2D eigenvalue weighted by Gasteiger charge is -2.12. The van der Waals surface area contributed by atoms with Crippen LogP contribution in [0.1, 0.15) is 36.6 Å². The van der Waals surface area contributed by atoms with Gasteiger partial charge in [-0.15, -0.1) is 0 Å². The van der Waals surface area contributed by atoms with Crippen LogP contribution in [0, 0.1) is 6.92 Å². The topological polar surface area (TPSA) is 38.7 Å². The van der Waals surface area contributed by atoms with Crippen molar-refractivity contribution in [1.82, 2.24) is 15.0 Å². The molecule has 0 saturated heterocycles. The fourth-order valence-electron chi connectivity index (χ4n) is 1.88. The number of hydrogen-bond donors (Lipinski definition) is 0. The number of halogens is 1. The Bertz CT molecular complexity index is 552. The van der Waals surface area contributed by atoms with Gasteiger partial charge in [0, 0.05) is 35.0 Å². The predicted octanol–water partition coefficient (Wildman–Crippen LogP) is 3.87. The van der Waals surface area contributed by atoms with Gasteiger partial charge in [0.25, 0.3) is 0 Å². The van der Waals surface area contributed by atoms with Crippen LogP contribution >= 0.6 is 15.9 Å². The number of alkyl halides is 1. The van der Waals surface area contributed by atoms with Gasteiger partial charge in [-0.3, -0.25) is 4.98 Å². The fourth-order valence-corrected chi connectivity index (χ4v) is 2.31. The van der Waals surface area contributed by atoms with Gasteiger partial charge in [-0.1, -0.05) is 29.8 Å². The molecule has 94 valence electrons. The standard InChI is InChI=1S/C14H16BrN3/c1-9(2)13-11(6-15)8-17-14(18-13)12-4-5-16-7-10(12)3/h4-5,7-9H,6H2,1-3H3. The van der Waals surface area contributed by atoms with Crippen molar-refractivity contribution in [2.45, 2.75) is 32.0 Å². The number of pyridine rings is 1. The molecule has 0 aliphatic carbocycles. The van der Waals surface area contributed by atoms with Gasteiger partial charge in [0.2, 0.25) is 0 Å². The molecule has 0 aliphatic heterocycles. The Morgan fingerprint density at radius 2 is 2.06 bits per heavy atom. The Kier molecular flexibility index (Phi) is 4.07. The third-order valence-electron chi connectivity index (χ3n) is 2.85. The van der Waals surface area contributed by atoms with Crippen LogP contribution in [0.25, 0.3) is 11.4 Å². The molecule has 0 aliphatic rings. The van der Waals surface area contributed by atoms with Crippen molar-refractivity contribution in [2.24, 2.45) is 0 Å². The van der Waals surface area contributed by atoms with Gasteiger partial charge in [-0.2, -0.15) is 0 Å². The lowest BCUT2D eigenvalue weighted by Crippen LogP contribution is -2.03. The van der Waals surface area contributed by atoms with Crippen molar-refractivity contribution >= 4 is 15.9 Å². The van der Waals surface area contributed by atoms with Gasteiger partial charge in [0.05, 0.1) is 5.69 Å². The molecule has 0 N–H and O–H groups in total. The number of nitrogens with zero attached hydrogens (tertiary/aromatic N) is 3. The maximum absolute atomic E-state index is 4.71. The molecule has 0 saturated carbocycles. The first-order valence-electron chi connectivity index (χ1n) is 5.96. The Labute approximate surface area is 116 Å². The molecule has 0 amide bonds. The zero-order valence-electron chi connectivity index (χ0n) is 10.8. The van der Waals surface area contributed by atoms with Crippen molar-refractivity contribution in [3.63, 3.8) is 0 Å². The van der Waals surface area contributed by atoms with Gasteiger partial charge in [0.15, 0.2) is 5.82 Å². The van der Waals surface area contributed by atoms with Crippen molar-refractivity contribution in [3.05, 3.63) is 41.5 Å². The summed E-state index contributed by atoms with van der Waals surface area (Å²) in [7, 11) is 0. The maximum atomic E-state index is 4.71. The van der Waals surface area contributed by atoms with Crippen LogP contribution in [-0.2, 0) is 5.33 Å². The van der Waals surface area contributed by atoms with Crippen LogP contribution in [-0.4, -0.2) is 15.0 Å². The lowest BCUT2D eigenvalue weighted by molar-refractivity contribution is 0.802. The minimum absolute atomic E-state index is 0.390. The number of hydrogen-bond acceptors (Lipinski definition) is 3. The summed E-state index contributed by atoms with van der Waals surface area (Å²) in [5, 5.41) is 0.788. The van der Waals surface area contributed by atoms with E-state index in [0.717, 1.165) is 33.5 Å². The average Bonchev–Trinajstić information content (AvgIpc) is 2.38. The molecule has 0 aromatic carbocycles. The highest BCUT2D eigenvalue weighted by atomic mass is 79.9. The summed E-state index contributed by atoms with van der Waals surface area (Å²) in [4.78, 5) is 13.3. The molecule has 2 heterocycles. The third-order valence-corrected chi connectivity index (χ3v) is 3.45. The number of rotatable bonds is 3. The molecule has 2 aromatic heterocycles. The molecule has 2 aromatic rings. The first-order valence-corrected chi connectivity index (χ1v) is 7.08. The van der Waals surface area contributed by atoms with Gasteiger partial charge >= 0.3 is 0 Å². The summed E-state index contributed by atoms with van der Waals surface area (Å²) in [5.41, 5.74) is 4.40. The van der Waals surface area contributed by atoms with Crippen molar-refractivity contribution in [1.29, 1.82) is 0 Å². The van der Waals surface area contributed by atoms with Crippen LogP contribution < -0.4 is 0 Å². The normalized spacial score (nSPS) is 10.9. The first-order chi connectivity index (χ1) is 8.63. The van der Waals surface area contributed by atoms with Crippen LogP contribution in [0.5, 0.6) is 0 Å². The third kappa shape index (κ3) is 2.58. The van der Waals surface area contributed by atoms with E-state index in [0.29, 0.717) is 5.92 Å². The average molecular weight is 306 g/mol. The van der Waals surface area contributed by atoms with Crippen molar-refractivity contribution in [3.8, 4) is 11.4 Å². The Hall–Kier alpha value is -1.29. The molecule has 0 spiro atoms. The fraction of sp³-hybridized carbons (Fsp3) is 0.357. The summed E-state index contributed by atoms with van der Waals surface area (Å²) in [6.45, 7) is 6.33. The van der Waals surface area contributed by atoms with Gasteiger partial charge in [-0.25, -0.2) is 9.97 Å². The second-order valence-electron chi connectivity index (χ2n) is 4.58. The molecule has 0 fully saturated rings. The molecule has 0 radical (unpaired) electrons.